The van der Waals surface area contributed by atoms with Crippen molar-refractivity contribution in [2.24, 2.45) is 0 Å². The van der Waals surface area contributed by atoms with Crippen molar-refractivity contribution in [3.05, 3.63) is 117 Å². The lowest BCUT2D eigenvalue weighted by Gasteiger charge is -2.25. The molecule has 2 N–H and O–H groups in total. The number of carboxylic acids is 1. The molecule has 0 aliphatic carbocycles. The molecular weight excluding hydrogens is 714 g/mol. The fourth-order valence-corrected chi connectivity index (χ4v) is 5.87. The van der Waals surface area contributed by atoms with E-state index in [1.807, 2.05) is 32.9 Å². The quantitative estimate of drug-likeness (QED) is 0.122. The maximum atomic E-state index is 14.1. The van der Waals surface area contributed by atoms with E-state index in [4.69, 9.17) is 25.8 Å². The summed E-state index contributed by atoms with van der Waals surface area (Å²) in [4.78, 5) is 49.9. The maximum absolute atomic E-state index is 14.1. The van der Waals surface area contributed by atoms with Crippen LogP contribution in [0.1, 0.15) is 80.8 Å². The number of nitrogens with zero attached hydrogens (tertiary/aromatic N) is 6. The molecule has 0 spiro atoms. The van der Waals surface area contributed by atoms with Crippen molar-refractivity contribution in [3.8, 4) is 17.3 Å². The molecule has 4 rings (SSSR count). The van der Waals surface area contributed by atoms with Gasteiger partial charge in [0.05, 0.1) is 43.7 Å². The average Bonchev–Trinajstić information content (AvgIpc) is 3.52. The highest BCUT2D eigenvalue weighted by Gasteiger charge is 2.34. The normalized spacial score (nSPS) is 12.5. The number of carbonyl (C=O) groups is 2. The Morgan fingerprint density at radius 2 is 1.83 bits per heavy atom. The molecule has 3 aromatic heterocycles. The van der Waals surface area contributed by atoms with Crippen molar-refractivity contribution in [3.63, 3.8) is 0 Å². The molecule has 0 saturated carbocycles. The van der Waals surface area contributed by atoms with Gasteiger partial charge >= 0.3 is 12.1 Å². The number of carbonyl (C=O) groups excluding carboxylic acids is 1. The van der Waals surface area contributed by atoms with E-state index in [0.29, 0.717) is 17.0 Å². The van der Waals surface area contributed by atoms with Gasteiger partial charge < -0.3 is 29.2 Å². The van der Waals surface area contributed by atoms with Gasteiger partial charge in [-0.3, -0.25) is 4.79 Å². The van der Waals surface area contributed by atoms with E-state index in [-0.39, 0.29) is 51.9 Å². The molecule has 1 unspecified atom stereocenters. The molecule has 15 heteroatoms. The molecule has 1 amide bonds. The van der Waals surface area contributed by atoms with E-state index >= 15 is 0 Å². The molecule has 3 heterocycles. The van der Waals surface area contributed by atoms with Crippen molar-refractivity contribution < 1.29 is 28.9 Å². The molecule has 0 aliphatic heterocycles. The molecule has 0 saturated heterocycles. The van der Waals surface area contributed by atoms with E-state index in [1.165, 1.54) is 41.9 Å². The standard InChI is InChI=1S/C39H46ClN7O7/c1-11-13-25(14-12-2)31(42-28-19-26(40)22-46(35(28)48)21-24-15-17-27(52-9)18-16-24)30-32(36(49)50)44-47(33(30)23(3)4)29-20-41-37(43-34(29)53-10)45(8)38(51)54-39(5,6)7/h11-20,22-23,31,42H,1,21H2,2-10H3,(H,49,50)/b14-12-,25-13+. The first-order valence-corrected chi connectivity index (χ1v) is 17.4. The molecule has 0 aliphatic rings. The van der Waals surface area contributed by atoms with Crippen LogP contribution in [0.5, 0.6) is 11.6 Å². The zero-order valence-corrected chi connectivity index (χ0v) is 32.6. The van der Waals surface area contributed by atoms with Crippen LogP contribution in [-0.2, 0) is 11.3 Å². The van der Waals surface area contributed by atoms with Crippen LogP contribution in [0.3, 0.4) is 0 Å². The number of benzene rings is 1. The summed E-state index contributed by atoms with van der Waals surface area (Å²) >= 11 is 6.60. The van der Waals surface area contributed by atoms with Crippen LogP contribution in [0.15, 0.2) is 84.0 Å². The number of methoxy groups -OCH3 is 2. The Balaban J connectivity index is 1.94. The number of carboxylic acid groups (broad SMARTS) is 1. The third-order valence-electron chi connectivity index (χ3n) is 7.98. The highest BCUT2D eigenvalue weighted by atomic mass is 35.5. The lowest BCUT2D eigenvalue weighted by molar-refractivity contribution is 0.0586. The second-order valence-electron chi connectivity index (χ2n) is 13.5. The summed E-state index contributed by atoms with van der Waals surface area (Å²) in [7, 11) is 4.42. The average molecular weight is 760 g/mol. The molecular formula is C39H46ClN7O7. The number of amides is 1. The number of rotatable bonds is 14. The van der Waals surface area contributed by atoms with Crippen molar-refractivity contribution in [2.45, 2.75) is 65.6 Å². The van der Waals surface area contributed by atoms with Crippen LogP contribution in [0, 0.1) is 0 Å². The molecule has 14 nitrogen and oxygen atoms in total. The minimum absolute atomic E-state index is 0.0133. The zero-order valence-electron chi connectivity index (χ0n) is 31.9. The Labute approximate surface area is 319 Å². The number of hydrogen-bond acceptors (Lipinski definition) is 10. The second-order valence-corrected chi connectivity index (χ2v) is 13.9. The van der Waals surface area contributed by atoms with Crippen molar-refractivity contribution >= 4 is 35.3 Å². The van der Waals surface area contributed by atoms with Crippen LogP contribution in [0.4, 0.5) is 16.4 Å². The number of halogens is 1. The Kier molecular flexibility index (Phi) is 13.1. The van der Waals surface area contributed by atoms with Gasteiger partial charge in [0.2, 0.25) is 11.8 Å². The first kappa shape index (κ1) is 40.9. The fourth-order valence-electron chi connectivity index (χ4n) is 5.65. The summed E-state index contributed by atoms with van der Waals surface area (Å²) in [6.07, 6.45) is 9.12. The summed E-state index contributed by atoms with van der Waals surface area (Å²) in [5, 5.41) is 18.8. The molecule has 1 atom stereocenters. The van der Waals surface area contributed by atoms with E-state index in [2.05, 4.69) is 27.0 Å². The van der Waals surface area contributed by atoms with Gasteiger partial charge in [-0.15, -0.1) is 0 Å². The fraction of sp³-hybridized carbons (Fsp3) is 0.333. The van der Waals surface area contributed by atoms with Gasteiger partial charge in [-0.2, -0.15) is 10.1 Å². The molecule has 0 bridgehead atoms. The predicted molar refractivity (Wildman–Crippen MR) is 209 cm³/mol. The van der Waals surface area contributed by atoms with Crippen LogP contribution >= 0.6 is 11.6 Å². The lowest BCUT2D eigenvalue weighted by atomic mass is 9.91. The van der Waals surface area contributed by atoms with Crippen molar-refractivity contribution in [2.75, 3.05) is 31.5 Å². The van der Waals surface area contributed by atoms with Crippen molar-refractivity contribution in [1.82, 2.24) is 24.3 Å². The topological polar surface area (TPSA) is 163 Å². The number of nitrogens with one attached hydrogen (secondary N) is 1. The van der Waals surface area contributed by atoms with Crippen LogP contribution in [0.25, 0.3) is 5.69 Å². The zero-order chi connectivity index (χ0) is 39.9. The number of allylic oxidation sites excluding steroid dienone is 3. The van der Waals surface area contributed by atoms with Crippen LogP contribution < -0.4 is 25.2 Å². The summed E-state index contributed by atoms with van der Waals surface area (Å²) < 4.78 is 19.3. The summed E-state index contributed by atoms with van der Waals surface area (Å²) in [6, 6.07) is 7.84. The molecule has 0 radical (unpaired) electrons. The van der Waals surface area contributed by atoms with Gasteiger partial charge in [-0.1, -0.05) is 68.5 Å². The lowest BCUT2D eigenvalue weighted by Crippen LogP contribution is -2.35. The SMILES string of the molecule is C=C/C=C(\C=C/C)C(Nc1cc(Cl)cn(Cc2ccc(OC)cc2)c1=O)c1c(C(=O)O)nn(-c2cnc(N(C)C(=O)OC(C)(C)C)nc2OC)c1C(C)C. The van der Waals surface area contributed by atoms with Crippen molar-refractivity contribution in [1.29, 1.82) is 0 Å². The third-order valence-corrected chi connectivity index (χ3v) is 8.18. The van der Waals surface area contributed by atoms with Gasteiger partial charge in [-0.25, -0.2) is 24.2 Å². The third kappa shape index (κ3) is 9.36. The largest absolute Gasteiger partial charge is 0.497 e. The van der Waals surface area contributed by atoms with Gasteiger partial charge in [-0.05, 0) is 62.9 Å². The molecule has 1 aromatic carbocycles. The van der Waals surface area contributed by atoms with E-state index < -0.39 is 29.3 Å². The van der Waals surface area contributed by atoms with Crippen LogP contribution in [-0.4, -0.2) is 68.4 Å². The minimum atomic E-state index is -1.32. The second kappa shape index (κ2) is 17.3. The molecule has 286 valence electrons. The first-order valence-electron chi connectivity index (χ1n) is 17.0. The number of hydrogen-bond donors (Lipinski definition) is 2. The number of anilines is 2. The maximum Gasteiger partial charge on any atom is 0.416 e. The Morgan fingerprint density at radius 1 is 1.15 bits per heavy atom. The molecule has 0 fully saturated rings. The van der Waals surface area contributed by atoms with Gasteiger partial charge in [0, 0.05) is 18.8 Å². The Hall–Kier alpha value is -5.89. The van der Waals surface area contributed by atoms with Gasteiger partial charge in [0.25, 0.3) is 5.56 Å². The van der Waals surface area contributed by atoms with E-state index in [0.717, 1.165) is 10.5 Å². The van der Waals surface area contributed by atoms with Gasteiger partial charge in [0.15, 0.2) is 5.69 Å². The summed E-state index contributed by atoms with van der Waals surface area (Å²) in [5.74, 6) is -0.991. The summed E-state index contributed by atoms with van der Waals surface area (Å²) in [6.45, 7) is 14.9. The van der Waals surface area contributed by atoms with E-state index in [9.17, 15) is 19.5 Å². The molecule has 4 aromatic rings. The number of ether oxygens (including phenoxy) is 3. The number of aromatic carboxylic acids is 1. The Bertz CT molecular complexity index is 2130. The van der Waals surface area contributed by atoms with Crippen LogP contribution in [0.2, 0.25) is 5.02 Å². The first-order chi connectivity index (χ1) is 25.5. The highest BCUT2D eigenvalue weighted by Crippen LogP contribution is 2.38. The smallest absolute Gasteiger partial charge is 0.416 e. The van der Waals surface area contributed by atoms with Gasteiger partial charge in [0.1, 0.15) is 22.7 Å². The number of pyridine rings is 1. The highest BCUT2D eigenvalue weighted by molar-refractivity contribution is 6.30. The number of aromatic nitrogens is 5. The molecule has 54 heavy (non-hydrogen) atoms. The van der Waals surface area contributed by atoms with E-state index in [1.54, 1.807) is 64.3 Å². The predicted octanol–water partition coefficient (Wildman–Crippen LogP) is 7.58. The minimum Gasteiger partial charge on any atom is -0.497 e. The Morgan fingerprint density at radius 3 is 2.39 bits per heavy atom. The monoisotopic (exact) mass is 759 g/mol. The summed E-state index contributed by atoms with van der Waals surface area (Å²) in [5.41, 5.74) is 1.01.